The van der Waals surface area contributed by atoms with E-state index >= 15 is 0 Å². The second kappa shape index (κ2) is 6.57. The molecule has 0 saturated heterocycles. The van der Waals surface area contributed by atoms with Gasteiger partial charge in [0, 0.05) is 13.5 Å². The Balaban J connectivity index is 2.17. The molecule has 0 amide bonds. The molecule has 0 bridgehead atoms. The van der Waals surface area contributed by atoms with Crippen LogP contribution in [0.2, 0.25) is 5.15 Å². The van der Waals surface area contributed by atoms with Gasteiger partial charge in [0.2, 0.25) is 5.78 Å². The monoisotopic (exact) mass is 292 g/mol. The number of halogens is 1. The molecule has 0 aromatic carbocycles. The van der Waals surface area contributed by atoms with Gasteiger partial charge < -0.3 is 8.98 Å². The molecule has 2 aromatic heterocycles. The summed E-state index contributed by atoms with van der Waals surface area (Å²) in [5.74, 6) is 1.05. The molecule has 0 fully saturated rings. The van der Waals surface area contributed by atoms with Crippen molar-refractivity contribution in [2.45, 2.75) is 26.2 Å². The van der Waals surface area contributed by atoms with Crippen LogP contribution in [-0.4, -0.2) is 15.3 Å². The van der Waals surface area contributed by atoms with Crippen LogP contribution in [-0.2, 0) is 13.5 Å². The van der Waals surface area contributed by atoms with Gasteiger partial charge in [0.05, 0.1) is 12.0 Å². The Morgan fingerprint density at radius 3 is 3.00 bits per heavy atom. The molecule has 0 saturated carbocycles. The zero-order valence-corrected chi connectivity index (χ0v) is 12.4. The molecule has 0 aliphatic rings. The van der Waals surface area contributed by atoms with Gasteiger partial charge >= 0.3 is 0 Å². The summed E-state index contributed by atoms with van der Waals surface area (Å²) in [6, 6.07) is 3.31. The minimum absolute atomic E-state index is 0.192. The number of aryl methyl sites for hydroxylation is 1. The first kappa shape index (κ1) is 14.6. The van der Waals surface area contributed by atoms with Crippen molar-refractivity contribution >= 4 is 23.5 Å². The standard InChI is InChI=1S/C15H17ClN2O2/c1-3-4-7-14-17-15(16)11(18(14)2)8-9-12(19)13-6-5-10-20-13/h5-6,8-10H,3-4,7H2,1-2H3/b9-8+. The van der Waals surface area contributed by atoms with Crippen molar-refractivity contribution in [1.29, 1.82) is 0 Å². The average molecular weight is 293 g/mol. The molecule has 2 aromatic rings. The fraction of sp³-hybridized carbons (Fsp3) is 0.333. The lowest BCUT2D eigenvalue weighted by atomic mass is 10.2. The fourth-order valence-electron chi connectivity index (χ4n) is 1.92. The van der Waals surface area contributed by atoms with Crippen molar-refractivity contribution < 1.29 is 9.21 Å². The SMILES string of the molecule is CCCCc1nc(Cl)c(/C=C/C(=O)c2ccco2)n1C. The third-order valence-corrected chi connectivity index (χ3v) is 3.38. The van der Waals surface area contributed by atoms with Gasteiger partial charge in [0.15, 0.2) is 10.9 Å². The summed E-state index contributed by atoms with van der Waals surface area (Å²) in [5.41, 5.74) is 0.734. The summed E-state index contributed by atoms with van der Waals surface area (Å²) in [6.07, 6.45) is 7.65. The molecule has 4 nitrogen and oxygen atoms in total. The molecule has 0 aliphatic heterocycles. The first-order valence-corrected chi connectivity index (χ1v) is 6.98. The van der Waals surface area contributed by atoms with E-state index in [-0.39, 0.29) is 5.78 Å². The molecule has 2 rings (SSSR count). The van der Waals surface area contributed by atoms with Crippen molar-refractivity contribution in [2.75, 3.05) is 0 Å². The van der Waals surface area contributed by atoms with Crippen LogP contribution in [0.4, 0.5) is 0 Å². The third-order valence-electron chi connectivity index (χ3n) is 3.10. The van der Waals surface area contributed by atoms with E-state index in [0.29, 0.717) is 10.9 Å². The number of hydrogen-bond donors (Lipinski definition) is 0. The van der Waals surface area contributed by atoms with Gasteiger partial charge in [0.25, 0.3) is 0 Å². The zero-order valence-electron chi connectivity index (χ0n) is 11.6. The smallest absolute Gasteiger partial charge is 0.221 e. The van der Waals surface area contributed by atoms with E-state index in [1.54, 1.807) is 18.2 Å². The first-order valence-electron chi connectivity index (χ1n) is 6.60. The Kier molecular flexibility index (Phi) is 4.79. The number of furan rings is 1. The number of rotatable bonds is 6. The van der Waals surface area contributed by atoms with Gasteiger partial charge in [-0.3, -0.25) is 4.79 Å². The largest absolute Gasteiger partial charge is 0.461 e. The number of carbonyl (C=O) groups excluding carboxylic acids is 1. The first-order chi connectivity index (χ1) is 9.63. The lowest BCUT2D eigenvalue weighted by Gasteiger charge is -2.01. The summed E-state index contributed by atoms with van der Waals surface area (Å²) in [4.78, 5) is 16.2. The van der Waals surface area contributed by atoms with Gasteiger partial charge in [-0.1, -0.05) is 24.9 Å². The van der Waals surface area contributed by atoms with Gasteiger partial charge in [-0.25, -0.2) is 4.98 Å². The van der Waals surface area contributed by atoms with Crippen molar-refractivity contribution in [3.63, 3.8) is 0 Å². The topological polar surface area (TPSA) is 48.0 Å². The van der Waals surface area contributed by atoms with E-state index < -0.39 is 0 Å². The quantitative estimate of drug-likeness (QED) is 0.599. The minimum Gasteiger partial charge on any atom is -0.461 e. The minimum atomic E-state index is -0.192. The number of allylic oxidation sites excluding steroid dienone is 1. The molecule has 0 unspecified atom stereocenters. The summed E-state index contributed by atoms with van der Waals surface area (Å²) in [6.45, 7) is 2.13. The van der Waals surface area contributed by atoms with Crippen LogP contribution in [0.5, 0.6) is 0 Å². The Bertz CT molecular complexity index is 612. The van der Waals surface area contributed by atoms with Crippen molar-refractivity contribution in [1.82, 2.24) is 9.55 Å². The maximum atomic E-state index is 11.8. The van der Waals surface area contributed by atoms with Crippen molar-refractivity contribution in [3.05, 3.63) is 46.9 Å². The summed E-state index contributed by atoms with van der Waals surface area (Å²) in [7, 11) is 1.90. The third kappa shape index (κ3) is 3.20. The van der Waals surface area contributed by atoms with E-state index in [0.717, 1.165) is 30.8 Å². The van der Waals surface area contributed by atoms with Gasteiger partial charge in [-0.05, 0) is 30.7 Å². The van der Waals surface area contributed by atoms with Crippen molar-refractivity contribution in [3.8, 4) is 0 Å². The van der Waals surface area contributed by atoms with Gasteiger partial charge in [-0.2, -0.15) is 0 Å². The van der Waals surface area contributed by atoms with Crippen LogP contribution >= 0.6 is 11.6 Å². The molecule has 0 atom stereocenters. The number of carbonyl (C=O) groups is 1. The zero-order chi connectivity index (χ0) is 14.5. The predicted octanol–water partition coefficient (Wildman–Crippen LogP) is 3.91. The highest BCUT2D eigenvalue weighted by atomic mass is 35.5. The number of unbranched alkanes of at least 4 members (excludes halogenated alkanes) is 1. The highest BCUT2D eigenvalue weighted by molar-refractivity contribution is 6.30. The van der Waals surface area contributed by atoms with Crippen LogP contribution in [0.1, 0.15) is 41.8 Å². The Hall–Kier alpha value is -1.81. The molecular formula is C15H17ClN2O2. The molecule has 0 spiro atoms. The molecule has 5 heteroatoms. The number of hydrogen-bond acceptors (Lipinski definition) is 3. The fourth-order valence-corrected chi connectivity index (χ4v) is 2.20. The van der Waals surface area contributed by atoms with Crippen molar-refractivity contribution in [2.24, 2.45) is 7.05 Å². The summed E-state index contributed by atoms with van der Waals surface area (Å²) >= 11 is 6.12. The number of imidazole rings is 1. The van der Waals surface area contributed by atoms with E-state index in [1.807, 2.05) is 11.6 Å². The number of nitrogens with zero attached hydrogens (tertiary/aromatic N) is 2. The number of ketones is 1. The van der Waals surface area contributed by atoms with E-state index in [9.17, 15) is 4.79 Å². The lowest BCUT2D eigenvalue weighted by Crippen LogP contribution is -2.00. The Labute approximate surface area is 123 Å². The Morgan fingerprint density at radius 1 is 1.55 bits per heavy atom. The highest BCUT2D eigenvalue weighted by Crippen LogP contribution is 2.19. The van der Waals surface area contributed by atoms with Crippen LogP contribution in [0, 0.1) is 0 Å². The molecule has 0 N–H and O–H groups in total. The molecule has 20 heavy (non-hydrogen) atoms. The Morgan fingerprint density at radius 2 is 2.35 bits per heavy atom. The van der Waals surface area contributed by atoms with E-state index in [4.69, 9.17) is 16.0 Å². The van der Waals surface area contributed by atoms with E-state index in [1.165, 1.54) is 12.3 Å². The van der Waals surface area contributed by atoms with E-state index in [2.05, 4.69) is 11.9 Å². The summed E-state index contributed by atoms with van der Waals surface area (Å²) < 4.78 is 6.97. The second-order valence-corrected chi connectivity index (χ2v) is 4.90. The molecule has 2 heterocycles. The van der Waals surface area contributed by atoms with Gasteiger partial charge in [0.1, 0.15) is 5.82 Å². The van der Waals surface area contributed by atoms with Crippen LogP contribution in [0.25, 0.3) is 6.08 Å². The second-order valence-electron chi connectivity index (χ2n) is 4.54. The molecule has 0 radical (unpaired) electrons. The highest BCUT2D eigenvalue weighted by Gasteiger charge is 2.11. The van der Waals surface area contributed by atoms with Crippen LogP contribution in [0.3, 0.4) is 0 Å². The maximum Gasteiger partial charge on any atom is 0.221 e. The summed E-state index contributed by atoms with van der Waals surface area (Å²) in [5, 5.41) is 0.419. The molecule has 106 valence electrons. The van der Waals surface area contributed by atoms with Crippen LogP contribution < -0.4 is 0 Å². The molecular weight excluding hydrogens is 276 g/mol. The lowest BCUT2D eigenvalue weighted by molar-refractivity contribution is 0.102. The maximum absolute atomic E-state index is 11.8. The predicted molar refractivity (Wildman–Crippen MR) is 78.9 cm³/mol. The normalized spacial score (nSPS) is 11.3. The molecule has 0 aliphatic carbocycles. The van der Waals surface area contributed by atoms with Gasteiger partial charge in [-0.15, -0.1) is 0 Å². The number of aromatic nitrogens is 2. The average Bonchev–Trinajstić information content (AvgIpc) is 3.04. The van der Waals surface area contributed by atoms with Crippen LogP contribution in [0.15, 0.2) is 28.9 Å².